The van der Waals surface area contributed by atoms with E-state index in [4.69, 9.17) is 0 Å². The second-order valence-electron chi connectivity index (χ2n) is 5.52. The molecule has 0 saturated carbocycles. The van der Waals surface area contributed by atoms with Crippen molar-refractivity contribution in [3.05, 3.63) is 24.3 Å². The number of amidine groups is 1. The third-order valence-electron chi connectivity index (χ3n) is 3.02. The van der Waals surface area contributed by atoms with Crippen LogP contribution in [0.25, 0.3) is 0 Å². The smallest absolute Gasteiger partial charge is 0.157 e. The van der Waals surface area contributed by atoms with Crippen LogP contribution in [0.15, 0.2) is 23.6 Å². The number of aromatic nitrogens is 2. The highest BCUT2D eigenvalue weighted by Gasteiger charge is 2.28. The lowest BCUT2D eigenvalue weighted by Crippen LogP contribution is -2.46. The molecule has 2 rings (SSSR count). The second kappa shape index (κ2) is 5.69. The maximum atomic E-state index is 4.60. The highest BCUT2D eigenvalue weighted by Crippen LogP contribution is 2.27. The Morgan fingerprint density at radius 3 is 3.00 bits per heavy atom. The zero-order valence-electron chi connectivity index (χ0n) is 11.2. The van der Waals surface area contributed by atoms with Crippen molar-refractivity contribution < 1.29 is 0 Å². The molecule has 1 unspecified atom stereocenters. The predicted octanol–water partition coefficient (Wildman–Crippen LogP) is 2.47. The Bertz CT molecular complexity index is 411. The van der Waals surface area contributed by atoms with E-state index in [9.17, 15) is 0 Å². The number of thioether (sulfide) groups is 1. The molecule has 1 saturated heterocycles. The largest absolute Gasteiger partial charge is 0.362 e. The van der Waals surface area contributed by atoms with E-state index in [-0.39, 0.29) is 5.41 Å². The average molecular weight is 264 g/mol. The lowest BCUT2D eigenvalue weighted by Gasteiger charge is -2.35. The number of aliphatic imine (C=N–C) groups is 1. The van der Waals surface area contributed by atoms with Gasteiger partial charge in [0.2, 0.25) is 0 Å². The first kappa shape index (κ1) is 13.3. The molecule has 98 valence electrons. The highest BCUT2D eigenvalue weighted by atomic mass is 32.2. The first-order valence-electron chi connectivity index (χ1n) is 6.24. The summed E-state index contributed by atoms with van der Waals surface area (Å²) in [5, 5.41) is 4.57. The summed E-state index contributed by atoms with van der Waals surface area (Å²) < 4.78 is 0. The zero-order chi connectivity index (χ0) is 13.0. The van der Waals surface area contributed by atoms with Crippen LogP contribution in [-0.4, -0.2) is 26.9 Å². The molecule has 0 amide bonds. The predicted molar refractivity (Wildman–Crippen MR) is 76.6 cm³/mol. The summed E-state index contributed by atoms with van der Waals surface area (Å²) in [6, 6.07) is 2.40. The zero-order valence-corrected chi connectivity index (χ0v) is 12.0. The fourth-order valence-corrected chi connectivity index (χ4v) is 2.77. The van der Waals surface area contributed by atoms with Crippen molar-refractivity contribution in [2.45, 2.75) is 39.8 Å². The van der Waals surface area contributed by atoms with Crippen LogP contribution in [0.3, 0.4) is 0 Å². The quantitative estimate of drug-likeness (QED) is 0.891. The molecule has 1 aliphatic rings. The molecule has 1 N–H and O–H groups in total. The van der Waals surface area contributed by atoms with Gasteiger partial charge in [0.1, 0.15) is 6.33 Å². The van der Waals surface area contributed by atoms with Crippen LogP contribution in [-0.2, 0) is 6.54 Å². The SMILES string of the molecule is CC(C)(C)C1CCSC(=NCc2ccncn2)N1. The van der Waals surface area contributed by atoms with Crippen LogP contribution in [0.2, 0.25) is 0 Å². The normalized spacial score (nSPS) is 22.8. The molecule has 1 fully saturated rings. The van der Waals surface area contributed by atoms with E-state index in [0.717, 1.165) is 16.6 Å². The molecule has 0 spiro atoms. The van der Waals surface area contributed by atoms with Gasteiger partial charge in [0.05, 0.1) is 12.2 Å². The summed E-state index contributed by atoms with van der Waals surface area (Å²) >= 11 is 1.80. The summed E-state index contributed by atoms with van der Waals surface area (Å²) in [6.07, 6.45) is 4.51. The number of hydrogen-bond acceptors (Lipinski definition) is 4. The van der Waals surface area contributed by atoms with E-state index >= 15 is 0 Å². The Kier molecular flexibility index (Phi) is 4.22. The van der Waals surface area contributed by atoms with Crippen molar-refractivity contribution in [3.8, 4) is 0 Å². The van der Waals surface area contributed by atoms with Gasteiger partial charge in [-0.05, 0) is 17.9 Å². The van der Waals surface area contributed by atoms with Crippen LogP contribution in [0.1, 0.15) is 32.9 Å². The van der Waals surface area contributed by atoms with Crippen LogP contribution in [0.5, 0.6) is 0 Å². The lowest BCUT2D eigenvalue weighted by molar-refractivity contribution is 0.290. The Morgan fingerprint density at radius 2 is 2.33 bits per heavy atom. The Balaban J connectivity index is 1.97. The molecule has 2 heterocycles. The van der Waals surface area contributed by atoms with Gasteiger partial charge in [0.15, 0.2) is 5.17 Å². The molecular formula is C13H20N4S. The van der Waals surface area contributed by atoms with Gasteiger partial charge >= 0.3 is 0 Å². The van der Waals surface area contributed by atoms with Gasteiger partial charge in [-0.15, -0.1) is 0 Å². The fraction of sp³-hybridized carbons (Fsp3) is 0.615. The third-order valence-corrected chi connectivity index (χ3v) is 3.98. The number of rotatable bonds is 2. The van der Waals surface area contributed by atoms with Crippen molar-refractivity contribution in [2.75, 3.05) is 5.75 Å². The maximum Gasteiger partial charge on any atom is 0.157 e. The van der Waals surface area contributed by atoms with E-state index < -0.39 is 0 Å². The van der Waals surface area contributed by atoms with Crippen LogP contribution in [0, 0.1) is 5.41 Å². The standard InChI is InChI=1S/C13H20N4S/c1-13(2,3)11-5-7-18-12(17-11)15-8-10-4-6-14-9-16-10/h4,6,9,11H,5,7-8H2,1-3H3,(H,15,17). The van der Waals surface area contributed by atoms with Gasteiger partial charge in [0, 0.05) is 18.0 Å². The van der Waals surface area contributed by atoms with E-state index in [1.807, 2.05) is 6.07 Å². The second-order valence-corrected chi connectivity index (χ2v) is 6.61. The minimum Gasteiger partial charge on any atom is -0.362 e. The van der Waals surface area contributed by atoms with E-state index in [2.05, 4.69) is 41.0 Å². The van der Waals surface area contributed by atoms with Crippen LogP contribution < -0.4 is 5.32 Å². The summed E-state index contributed by atoms with van der Waals surface area (Å²) in [5.41, 5.74) is 1.23. The first-order valence-corrected chi connectivity index (χ1v) is 7.23. The van der Waals surface area contributed by atoms with E-state index in [0.29, 0.717) is 12.6 Å². The van der Waals surface area contributed by atoms with E-state index in [1.54, 1.807) is 24.3 Å². The lowest BCUT2D eigenvalue weighted by atomic mass is 9.85. The highest BCUT2D eigenvalue weighted by molar-refractivity contribution is 8.13. The van der Waals surface area contributed by atoms with Gasteiger partial charge in [-0.25, -0.2) is 9.97 Å². The molecule has 18 heavy (non-hydrogen) atoms. The third kappa shape index (κ3) is 3.70. The van der Waals surface area contributed by atoms with Crippen LogP contribution in [0.4, 0.5) is 0 Å². The van der Waals surface area contributed by atoms with Crippen molar-refractivity contribution in [2.24, 2.45) is 10.4 Å². The van der Waals surface area contributed by atoms with Gasteiger partial charge in [-0.1, -0.05) is 32.5 Å². The van der Waals surface area contributed by atoms with Gasteiger partial charge in [-0.3, -0.25) is 4.99 Å². The van der Waals surface area contributed by atoms with Crippen molar-refractivity contribution in [1.82, 2.24) is 15.3 Å². The molecule has 1 aromatic rings. The minimum atomic E-state index is 0.274. The molecule has 1 atom stereocenters. The molecule has 0 aromatic carbocycles. The topological polar surface area (TPSA) is 50.2 Å². The Hall–Kier alpha value is -1.10. The van der Waals surface area contributed by atoms with Gasteiger partial charge < -0.3 is 5.32 Å². The van der Waals surface area contributed by atoms with E-state index in [1.165, 1.54) is 6.42 Å². The van der Waals surface area contributed by atoms with Crippen molar-refractivity contribution in [3.63, 3.8) is 0 Å². The summed E-state index contributed by atoms with van der Waals surface area (Å²) in [4.78, 5) is 12.7. The molecule has 1 aliphatic heterocycles. The maximum absolute atomic E-state index is 4.60. The van der Waals surface area contributed by atoms with Crippen molar-refractivity contribution >= 4 is 16.9 Å². The molecule has 4 nitrogen and oxygen atoms in total. The molecule has 0 radical (unpaired) electrons. The molecular weight excluding hydrogens is 244 g/mol. The van der Waals surface area contributed by atoms with Gasteiger partial charge in [0.25, 0.3) is 0 Å². The average Bonchev–Trinajstić information content (AvgIpc) is 2.37. The molecule has 5 heteroatoms. The molecule has 1 aromatic heterocycles. The van der Waals surface area contributed by atoms with Crippen molar-refractivity contribution in [1.29, 1.82) is 0 Å². The molecule has 0 bridgehead atoms. The summed E-state index contributed by atoms with van der Waals surface area (Å²) in [6.45, 7) is 7.42. The molecule has 0 aliphatic carbocycles. The Morgan fingerprint density at radius 1 is 1.50 bits per heavy atom. The monoisotopic (exact) mass is 264 g/mol. The number of nitrogens with one attached hydrogen (secondary N) is 1. The number of hydrogen-bond donors (Lipinski definition) is 1. The summed E-state index contributed by atoms with van der Waals surface area (Å²) in [7, 11) is 0. The minimum absolute atomic E-state index is 0.274. The number of nitrogens with zero attached hydrogens (tertiary/aromatic N) is 3. The van der Waals surface area contributed by atoms with Gasteiger partial charge in [-0.2, -0.15) is 0 Å². The summed E-state index contributed by atoms with van der Waals surface area (Å²) in [5.74, 6) is 1.14. The van der Waals surface area contributed by atoms with Crippen LogP contribution >= 0.6 is 11.8 Å². The fourth-order valence-electron chi connectivity index (χ4n) is 1.84. The first-order chi connectivity index (χ1) is 8.55. The Labute approximate surface area is 113 Å².